The summed E-state index contributed by atoms with van der Waals surface area (Å²) in [7, 11) is 0. The van der Waals surface area contributed by atoms with Crippen molar-refractivity contribution >= 4 is 33.0 Å². The minimum Gasteiger partial charge on any atom is -0.253 e. The largest absolute Gasteiger partial charge is 0.259 e. The molecule has 7 heteroatoms. The number of thiophene rings is 1. The van der Waals surface area contributed by atoms with Crippen molar-refractivity contribution in [3.05, 3.63) is 22.6 Å². The molecule has 0 aliphatic heterocycles. The Kier molecular flexibility index (Phi) is 2.10. The molecule has 0 saturated carbocycles. The van der Waals surface area contributed by atoms with E-state index in [-0.39, 0.29) is 0 Å². The molecule has 4 aromatic heterocycles. The average molecular weight is 298 g/mol. The molecule has 4 aromatic rings. The molecule has 0 fully saturated rings. The topological polar surface area (TPSA) is 60.4 Å². The molecule has 0 aromatic carbocycles. The highest BCUT2D eigenvalue weighted by atomic mass is 32.1. The summed E-state index contributed by atoms with van der Waals surface area (Å²) in [6, 6.07) is 0. The van der Waals surface area contributed by atoms with Crippen LogP contribution in [0.5, 0.6) is 0 Å². The Balaban J connectivity index is 2.08. The molecule has 0 spiro atoms. The lowest BCUT2D eigenvalue weighted by molar-refractivity contribution is 0.508. The third kappa shape index (κ3) is 1.37. The highest BCUT2D eigenvalue weighted by molar-refractivity contribution is 7.19. The molecule has 0 unspecified atom stereocenters. The van der Waals surface area contributed by atoms with Gasteiger partial charge in [-0.25, -0.2) is 4.98 Å². The first-order valence-corrected chi connectivity index (χ1v) is 8.03. The van der Waals surface area contributed by atoms with Gasteiger partial charge in [0, 0.05) is 4.88 Å². The Morgan fingerprint density at radius 3 is 3.14 bits per heavy atom. The standard InChI is InChI=1S/C14H14N6S/c1-7-3-4-10-9(5-7)11-12-15-6-16-20(12)14-18-17-8(2)19(14)13(11)21-10/h6-7H,3-5H2,1-2H3/t7-/m0/s1. The lowest BCUT2D eigenvalue weighted by atomic mass is 9.89. The second-order valence-corrected chi connectivity index (χ2v) is 6.99. The summed E-state index contributed by atoms with van der Waals surface area (Å²) >= 11 is 1.87. The predicted molar refractivity (Wildman–Crippen MR) is 80.8 cm³/mol. The van der Waals surface area contributed by atoms with Crippen LogP contribution in [0, 0.1) is 12.8 Å². The minimum atomic E-state index is 0.732. The van der Waals surface area contributed by atoms with Crippen LogP contribution >= 0.6 is 11.3 Å². The SMILES string of the molecule is Cc1nnc2n3ncnc3c3c4c(sc3n12)CC[C@H](C)C4. The van der Waals surface area contributed by atoms with Crippen LogP contribution in [0.1, 0.15) is 29.6 Å². The molecule has 6 nitrogen and oxygen atoms in total. The van der Waals surface area contributed by atoms with Gasteiger partial charge in [-0.15, -0.1) is 21.5 Å². The lowest BCUT2D eigenvalue weighted by Gasteiger charge is -2.17. The van der Waals surface area contributed by atoms with Crippen molar-refractivity contribution in [3.8, 4) is 0 Å². The van der Waals surface area contributed by atoms with Gasteiger partial charge < -0.3 is 0 Å². The smallest absolute Gasteiger partial charge is 0.253 e. The van der Waals surface area contributed by atoms with Crippen molar-refractivity contribution in [1.29, 1.82) is 0 Å². The van der Waals surface area contributed by atoms with Crippen LogP contribution in [0.2, 0.25) is 0 Å². The molecule has 0 amide bonds. The van der Waals surface area contributed by atoms with Crippen LogP contribution < -0.4 is 0 Å². The molecule has 106 valence electrons. The van der Waals surface area contributed by atoms with Crippen LogP contribution in [-0.2, 0) is 12.8 Å². The Morgan fingerprint density at radius 2 is 2.24 bits per heavy atom. The van der Waals surface area contributed by atoms with Crippen LogP contribution in [0.4, 0.5) is 0 Å². The molecule has 21 heavy (non-hydrogen) atoms. The van der Waals surface area contributed by atoms with E-state index in [2.05, 4.69) is 31.6 Å². The normalized spacial score (nSPS) is 18.9. The zero-order valence-electron chi connectivity index (χ0n) is 11.9. The first kappa shape index (κ1) is 11.6. The number of hydrogen-bond acceptors (Lipinski definition) is 5. The van der Waals surface area contributed by atoms with Crippen LogP contribution in [-0.4, -0.2) is 29.2 Å². The van der Waals surface area contributed by atoms with E-state index in [4.69, 9.17) is 0 Å². The maximum atomic E-state index is 4.49. The van der Waals surface area contributed by atoms with Gasteiger partial charge in [0.25, 0.3) is 5.78 Å². The molecule has 0 radical (unpaired) electrons. The first-order chi connectivity index (χ1) is 10.2. The summed E-state index contributed by atoms with van der Waals surface area (Å²) in [6.07, 6.45) is 5.17. The van der Waals surface area contributed by atoms with Crippen molar-refractivity contribution < 1.29 is 0 Å². The lowest BCUT2D eigenvalue weighted by Crippen LogP contribution is -2.09. The zero-order chi connectivity index (χ0) is 14.1. The van der Waals surface area contributed by atoms with Gasteiger partial charge in [-0.3, -0.25) is 4.40 Å². The molecule has 0 saturated heterocycles. The van der Waals surface area contributed by atoms with E-state index in [1.807, 2.05) is 22.8 Å². The number of rotatable bonds is 0. The third-order valence-corrected chi connectivity index (χ3v) is 5.74. The molecular formula is C14H14N6S. The van der Waals surface area contributed by atoms with Gasteiger partial charge in [-0.1, -0.05) is 6.92 Å². The summed E-state index contributed by atoms with van der Waals surface area (Å²) in [4.78, 5) is 7.20. The maximum absolute atomic E-state index is 4.49. The van der Waals surface area contributed by atoms with Crippen molar-refractivity contribution in [2.75, 3.05) is 0 Å². The molecule has 0 N–H and O–H groups in total. The maximum Gasteiger partial charge on any atom is 0.259 e. The van der Waals surface area contributed by atoms with Crippen molar-refractivity contribution in [3.63, 3.8) is 0 Å². The molecule has 0 bridgehead atoms. The van der Waals surface area contributed by atoms with E-state index >= 15 is 0 Å². The van der Waals surface area contributed by atoms with Gasteiger partial charge >= 0.3 is 0 Å². The van der Waals surface area contributed by atoms with Crippen LogP contribution in [0.25, 0.3) is 21.6 Å². The first-order valence-electron chi connectivity index (χ1n) is 7.21. The van der Waals surface area contributed by atoms with Gasteiger partial charge in [0.05, 0.1) is 5.39 Å². The van der Waals surface area contributed by atoms with E-state index in [1.165, 1.54) is 33.5 Å². The number of nitrogens with zero attached hydrogens (tertiary/aromatic N) is 6. The number of aromatic nitrogens is 6. The van der Waals surface area contributed by atoms with Gasteiger partial charge in [0.1, 0.15) is 17.0 Å². The predicted octanol–water partition coefficient (Wildman–Crippen LogP) is 2.42. The monoisotopic (exact) mass is 298 g/mol. The highest BCUT2D eigenvalue weighted by Crippen LogP contribution is 2.40. The Labute approximate surface area is 124 Å². The highest BCUT2D eigenvalue weighted by Gasteiger charge is 2.25. The fourth-order valence-electron chi connectivity index (χ4n) is 3.42. The van der Waals surface area contributed by atoms with Crippen molar-refractivity contribution in [2.45, 2.75) is 33.1 Å². The third-order valence-electron chi connectivity index (χ3n) is 4.46. The number of hydrogen-bond donors (Lipinski definition) is 0. The Morgan fingerprint density at radius 1 is 1.33 bits per heavy atom. The van der Waals surface area contributed by atoms with E-state index in [0.717, 1.165) is 29.6 Å². The van der Waals surface area contributed by atoms with Gasteiger partial charge in [0.2, 0.25) is 0 Å². The summed E-state index contributed by atoms with van der Waals surface area (Å²) in [5.74, 6) is 2.38. The summed E-state index contributed by atoms with van der Waals surface area (Å²) in [6.45, 7) is 4.32. The molecule has 1 aliphatic rings. The molecule has 4 heterocycles. The second kappa shape index (κ2) is 3.79. The van der Waals surface area contributed by atoms with Crippen LogP contribution in [0.15, 0.2) is 6.33 Å². The second-order valence-electron chi connectivity index (χ2n) is 5.91. The fourth-order valence-corrected chi connectivity index (χ4v) is 4.80. The summed E-state index contributed by atoms with van der Waals surface area (Å²) in [5, 5.41) is 14.1. The van der Waals surface area contributed by atoms with E-state index in [0.29, 0.717) is 0 Å². The van der Waals surface area contributed by atoms with E-state index < -0.39 is 0 Å². The fraction of sp³-hybridized carbons (Fsp3) is 0.429. The van der Waals surface area contributed by atoms with Crippen molar-refractivity contribution in [2.24, 2.45) is 5.92 Å². The molecule has 1 atom stereocenters. The minimum absolute atomic E-state index is 0.732. The van der Waals surface area contributed by atoms with Crippen molar-refractivity contribution in [1.82, 2.24) is 29.2 Å². The Hall–Kier alpha value is -2.02. The number of aryl methyl sites for hydroxylation is 2. The Bertz CT molecular complexity index is 1010. The summed E-state index contributed by atoms with van der Waals surface area (Å²) in [5.41, 5.74) is 2.37. The number of fused-ring (bicyclic) bond motifs is 8. The van der Waals surface area contributed by atoms with Gasteiger partial charge in [-0.05, 0) is 37.7 Å². The quantitative estimate of drug-likeness (QED) is 0.500. The van der Waals surface area contributed by atoms with E-state index in [1.54, 1.807) is 6.33 Å². The molecule has 1 aliphatic carbocycles. The molecule has 5 rings (SSSR count). The molecular weight excluding hydrogens is 284 g/mol. The van der Waals surface area contributed by atoms with Gasteiger partial charge in [-0.2, -0.15) is 9.61 Å². The van der Waals surface area contributed by atoms with E-state index in [9.17, 15) is 0 Å². The van der Waals surface area contributed by atoms with Gasteiger partial charge in [0.15, 0.2) is 5.65 Å². The zero-order valence-corrected chi connectivity index (χ0v) is 12.7. The van der Waals surface area contributed by atoms with Crippen LogP contribution in [0.3, 0.4) is 0 Å². The summed E-state index contributed by atoms with van der Waals surface area (Å²) < 4.78 is 3.93. The average Bonchev–Trinajstić information content (AvgIpc) is 3.13.